The number of carbonyl (C=O) groups excluding carboxylic acids is 1. The first-order valence-corrected chi connectivity index (χ1v) is 8.75. The molecule has 0 aliphatic heterocycles. The molecule has 7 heteroatoms. The largest absolute Gasteiger partial charge is 0.490 e. The molecular formula is C19H22ClN3O3. The summed E-state index contributed by atoms with van der Waals surface area (Å²) in [6.07, 6.45) is 2.45. The van der Waals surface area contributed by atoms with E-state index in [1.807, 2.05) is 32.0 Å². The molecule has 0 spiro atoms. The van der Waals surface area contributed by atoms with Crippen LogP contribution in [0.1, 0.15) is 25.8 Å². The van der Waals surface area contributed by atoms with E-state index < -0.39 is 6.03 Å². The number of urea groups is 1. The van der Waals surface area contributed by atoms with Crippen LogP contribution in [-0.2, 0) is 0 Å². The summed E-state index contributed by atoms with van der Waals surface area (Å²) in [5, 5.41) is 7.12. The lowest BCUT2D eigenvalue weighted by Crippen LogP contribution is -2.24. The molecule has 6 nitrogen and oxygen atoms in total. The zero-order valence-corrected chi connectivity index (χ0v) is 15.5. The maximum absolute atomic E-state index is 11.8. The van der Waals surface area contributed by atoms with Crippen molar-refractivity contribution in [3.63, 3.8) is 0 Å². The van der Waals surface area contributed by atoms with Gasteiger partial charge in [0.2, 0.25) is 0 Å². The smallest absolute Gasteiger partial charge is 0.339 e. The predicted molar refractivity (Wildman–Crippen MR) is 105 cm³/mol. The van der Waals surface area contributed by atoms with Crippen LogP contribution in [0.5, 0.6) is 11.5 Å². The summed E-state index contributed by atoms with van der Waals surface area (Å²) in [7, 11) is 0. The van der Waals surface area contributed by atoms with E-state index in [4.69, 9.17) is 21.1 Å². The lowest BCUT2D eigenvalue weighted by molar-refractivity contribution is 0.252. The molecule has 0 radical (unpaired) electrons. The molecule has 2 aromatic carbocycles. The van der Waals surface area contributed by atoms with E-state index in [2.05, 4.69) is 15.8 Å². The Morgan fingerprint density at radius 2 is 2.00 bits per heavy atom. The molecule has 0 heterocycles. The molecule has 138 valence electrons. The Kier molecular flexibility index (Phi) is 7.76. The van der Waals surface area contributed by atoms with Crippen LogP contribution in [0, 0.1) is 0 Å². The first kappa shape index (κ1) is 19.6. The molecule has 0 saturated heterocycles. The molecule has 0 bridgehead atoms. The van der Waals surface area contributed by atoms with Crippen molar-refractivity contribution in [2.45, 2.75) is 20.3 Å². The van der Waals surface area contributed by atoms with Crippen LogP contribution < -0.4 is 20.2 Å². The van der Waals surface area contributed by atoms with E-state index >= 15 is 0 Å². The molecule has 0 aromatic heterocycles. The zero-order chi connectivity index (χ0) is 18.8. The number of nitrogens with zero attached hydrogens (tertiary/aromatic N) is 1. The highest BCUT2D eigenvalue weighted by Gasteiger charge is 2.06. The predicted octanol–water partition coefficient (Wildman–Crippen LogP) is 4.68. The highest BCUT2D eigenvalue weighted by atomic mass is 35.5. The standard InChI is InChI=1S/C19H22ClN3O3/c1-3-10-26-17-9-8-14(11-18(17)25-4-2)13-21-23-19(24)22-16-7-5-6-15(20)12-16/h5-9,11-13H,3-4,10H2,1-2H3,(H2,22,23,24)/b21-13-. The number of hydrogen-bond acceptors (Lipinski definition) is 4. The summed E-state index contributed by atoms with van der Waals surface area (Å²) in [4.78, 5) is 11.8. The third-order valence-electron chi connectivity index (χ3n) is 3.19. The minimum Gasteiger partial charge on any atom is -0.490 e. The Morgan fingerprint density at radius 3 is 2.73 bits per heavy atom. The van der Waals surface area contributed by atoms with Gasteiger partial charge in [0.05, 0.1) is 19.4 Å². The highest BCUT2D eigenvalue weighted by molar-refractivity contribution is 6.30. The van der Waals surface area contributed by atoms with Gasteiger partial charge in [-0.05, 0) is 55.3 Å². The second-order valence-electron chi connectivity index (χ2n) is 5.32. The number of carbonyl (C=O) groups is 1. The fourth-order valence-corrected chi connectivity index (χ4v) is 2.29. The van der Waals surface area contributed by atoms with E-state index in [1.54, 1.807) is 24.3 Å². The monoisotopic (exact) mass is 375 g/mol. The van der Waals surface area contributed by atoms with Crippen molar-refractivity contribution < 1.29 is 14.3 Å². The van der Waals surface area contributed by atoms with Crippen LogP contribution in [0.3, 0.4) is 0 Å². The molecule has 2 rings (SSSR count). The number of hydrazone groups is 1. The van der Waals surface area contributed by atoms with Crippen LogP contribution in [0.15, 0.2) is 47.6 Å². The molecular weight excluding hydrogens is 354 g/mol. The van der Waals surface area contributed by atoms with Crippen molar-refractivity contribution in [1.82, 2.24) is 5.43 Å². The van der Waals surface area contributed by atoms with Crippen molar-refractivity contribution in [3.8, 4) is 11.5 Å². The van der Waals surface area contributed by atoms with E-state index in [0.717, 1.165) is 12.0 Å². The first-order chi connectivity index (χ1) is 12.6. The molecule has 0 fully saturated rings. The lowest BCUT2D eigenvalue weighted by atomic mass is 10.2. The molecule has 0 unspecified atom stereocenters. The minimum atomic E-state index is -0.462. The number of hydrogen-bond donors (Lipinski definition) is 2. The molecule has 0 saturated carbocycles. The average molecular weight is 376 g/mol. The van der Waals surface area contributed by atoms with Crippen LogP contribution in [0.2, 0.25) is 5.02 Å². The summed E-state index contributed by atoms with van der Waals surface area (Å²) in [5.41, 5.74) is 3.77. The van der Waals surface area contributed by atoms with E-state index in [0.29, 0.717) is 35.4 Å². The van der Waals surface area contributed by atoms with E-state index in [9.17, 15) is 4.79 Å². The Balaban J connectivity index is 1.96. The van der Waals surface area contributed by atoms with E-state index in [1.165, 1.54) is 6.21 Å². The summed E-state index contributed by atoms with van der Waals surface area (Å²) in [6.45, 7) is 5.11. The van der Waals surface area contributed by atoms with Gasteiger partial charge in [0.1, 0.15) is 0 Å². The van der Waals surface area contributed by atoms with Gasteiger partial charge in [-0.1, -0.05) is 24.6 Å². The molecule has 0 aliphatic carbocycles. The SMILES string of the molecule is CCCOc1ccc(/C=N\NC(=O)Nc2cccc(Cl)c2)cc1OCC. The number of amides is 2. The fraction of sp³-hybridized carbons (Fsp3) is 0.263. The number of halogens is 1. The Bertz CT molecular complexity index is 765. The van der Waals surface area contributed by atoms with Crippen LogP contribution >= 0.6 is 11.6 Å². The van der Waals surface area contributed by atoms with Gasteiger partial charge in [0.25, 0.3) is 0 Å². The maximum Gasteiger partial charge on any atom is 0.339 e. The van der Waals surface area contributed by atoms with Gasteiger partial charge in [-0.2, -0.15) is 5.10 Å². The Labute approximate surface area is 158 Å². The Hall–Kier alpha value is -2.73. The fourth-order valence-electron chi connectivity index (χ4n) is 2.10. The third kappa shape index (κ3) is 6.29. The summed E-state index contributed by atoms with van der Waals surface area (Å²) < 4.78 is 11.2. The van der Waals surface area contributed by atoms with Crippen molar-refractivity contribution in [2.75, 3.05) is 18.5 Å². The van der Waals surface area contributed by atoms with E-state index in [-0.39, 0.29) is 0 Å². The quantitative estimate of drug-likeness (QED) is 0.519. The minimum absolute atomic E-state index is 0.462. The van der Waals surface area contributed by atoms with Crippen LogP contribution in [0.4, 0.5) is 10.5 Å². The van der Waals surface area contributed by atoms with Gasteiger partial charge in [0, 0.05) is 10.7 Å². The van der Waals surface area contributed by atoms with Crippen LogP contribution in [0.25, 0.3) is 0 Å². The molecule has 2 N–H and O–H groups in total. The van der Waals surface area contributed by atoms with Crippen molar-refractivity contribution in [2.24, 2.45) is 5.10 Å². The van der Waals surface area contributed by atoms with Gasteiger partial charge in [-0.15, -0.1) is 0 Å². The van der Waals surface area contributed by atoms with Gasteiger partial charge < -0.3 is 14.8 Å². The summed E-state index contributed by atoms with van der Waals surface area (Å²) in [5.74, 6) is 1.34. The van der Waals surface area contributed by atoms with Crippen molar-refractivity contribution in [1.29, 1.82) is 0 Å². The zero-order valence-electron chi connectivity index (χ0n) is 14.8. The molecule has 2 aromatic rings. The topological polar surface area (TPSA) is 72.0 Å². The van der Waals surface area contributed by atoms with Gasteiger partial charge in [-0.3, -0.25) is 0 Å². The average Bonchev–Trinajstić information content (AvgIpc) is 2.61. The van der Waals surface area contributed by atoms with Crippen molar-refractivity contribution in [3.05, 3.63) is 53.1 Å². The van der Waals surface area contributed by atoms with Gasteiger partial charge in [-0.25, -0.2) is 10.2 Å². The molecule has 2 amide bonds. The highest BCUT2D eigenvalue weighted by Crippen LogP contribution is 2.28. The number of benzene rings is 2. The number of anilines is 1. The normalized spacial score (nSPS) is 10.6. The Morgan fingerprint density at radius 1 is 1.15 bits per heavy atom. The lowest BCUT2D eigenvalue weighted by Gasteiger charge is -2.11. The van der Waals surface area contributed by atoms with Gasteiger partial charge in [0.15, 0.2) is 11.5 Å². The number of ether oxygens (including phenoxy) is 2. The summed E-state index contributed by atoms with van der Waals surface area (Å²) in [6, 6.07) is 11.9. The third-order valence-corrected chi connectivity index (χ3v) is 3.43. The first-order valence-electron chi connectivity index (χ1n) is 8.37. The molecule has 26 heavy (non-hydrogen) atoms. The summed E-state index contributed by atoms with van der Waals surface area (Å²) >= 11 is 5.87. The number of rotatable bonds is 8. The molecule has 0 atom stereocenters. The second-order valence-corrected chi connectivity index (χ2v) is 5.76. The van der Waals surface area contributed by atoms with Crippen molar-refractivity contribution >= 4 is 29.5 Å². The maximum atomic E-state index is 11.8. The molecule has 0 aliphatic rings. The number of nitrogens with one attached hydrogen (secondary N) is 2. The van der Waals surface area contributed by atoms with Gasteiger partial charge >= 0.3 is 6.03 Å². The van der Waals surface area contributed by atoms with Crippen LogP contribution in [-0.4, -0.2) is 25.5 Å². The second kappa shape index (κ2) is 10.3.